The van der Waals surface area contributed by atoms with Crippen LogP contribution in [0.25, 0.3) is 0 Å². The number of rotatable bonds is 20. The quantitative estimate of drug-likeness (QED) is 0.0979. The first-order valence-corrected chi connectivity index (χ1v) is 12.0. The maximum Gasteiger partial charge on any atom is 0.504 e. The molecule has 0 atom stereocenters. The van der Waals surface area contributed by atoms with Crippen molar-refractivity contribution in [1.29, 1.82) is 0 Å². The number of hydrogen-bond acceptors (Lipinski definition) is 9. The van der Waals surface area contributed by atoms with Crippen molar-refractivity contribution in [3.05, 3.63) is 0 Å². The van der Waals surface area contributed by atoms with E-state index < -0.39 is 7.82 Å². The SMILES string of the molecule is CC(C)CCCCCCCCCCCCCOOOOOOP1(=O)OCCO1. The van der Waals surface area contributed by atoms with Gasteiger partial charge in [0.1, 0.15) is 0 Å². The summed E-state index contributed by atoms with van der Waals surface area (Å²) in [5.74, 6) is 0.840. The van der Waals surface area contributed by atoms with Crippen LogP contribution in [0.3, 0.4) is 0 Å². The largest absolute Gasteiger partial charge is 0.504 e. The van der Waals surface area contributed by atoms with Gasteiger partial charge in [-0.2, -0.15) is 0 Å². The average Bonchev–Trinajstić information content (AvgIpc) is 3.10. The monoisotopic (exact) mass is 428 g/mol. The van der Waals surface area contributed by atoms with Crippen LogP contribution in [-0.2, 0) is 43.3 Å². The second-order valence-electron chi connectivity index (χ2n) is 7.35. The number of unbranched alkanes of at least 4 members (excludes halogenated alkanes) is 10. The van der Waals surface area contributed by atoms with Gasteiger partial charge in [0.2, 0.25) is 0 Å². The van der Waals surface area contributed by atoms with Crippen LogP contribution in [0.1, 0.15) is 90.9 Å². The molecular formula is C18H37O9P. The summed E-state index contributed by atoms with van der Waals surface area (Å²) in [6, 6.07) is 0. The highest BCUT2D eigenvalue weighted by Crippen LogP contribution is 2.52. The van der Waals surface area contributed by atoms with Gasteiger partial charge in [-0.05, 0) is 32.5 Å². The predicted molar refractivity (Wildman–Crippen MR) is 101 cm³/mol. The van der Waals surface area contributed by atoms with Gasteiger partial charge in [-0.25, -0.2) is 9.45 Å². The van der Waals surface area contributed by atoms with Crippen LogP contribution in [0, 0.1) is 5.92 Å². The van der Waals surface area contributed by atoms with Crippen LogP contribution in [-0.4, -0.2) is 19.8 Å². The van der Waals surface area contributed by atoms with E-state index in [1.807, 2.05) is 0 Å². The van der Waals surface area contributed by atoms with E-state index in [0.29, 0.717) is 6.61 Å². The van der Waals surface area contributed by atoms with Crippen molar-refractivity contribution < 1.29 is 43.3 Å². The van der Waals surface area contributed by atoms with Crippen molar-refractivity contribution in [2.24, 2.45) is 5.92 Å². The second kappa shape index (κ2) is 17.7. The van der Waals surface area contributed by atoms with Gasteiger partial charge in [0.05, 0.1) is 19.8 Å². The van der Waals surface area contributed by atoms with E-state index in [1.165, 1.54) is 64.2 Å². The van der Waals surface area contributed by atoms with Gasteiger partial charge in [-0.1, -0.05) is 89.2 Å². The lowest BCUT2D eigenvalue weighted by atomic mass is 10.0. The first-order chi connectivity index (χ1) is 13.6. The Balaban J connectivity index is 1.67. The molecule has 0 aromatic rings. The fraction of sp³-hybridized carbons (Fsp3) is 1.00. The molecular weight excluding hydrogens is 391 g/mol. The fourth-order valence-corrected chi connectivity index (χ4v) is 3.67. The molecule has 1 rings (SSSR count). The third-order valence-electron chi connectivity index (χ3n) is 4.34. The molecule has 0 radical (unpaired) electrons. The minimum Gasteiger partial charge on any atom is -0.283 e. The van der Waals surface area contributed by atoms with Crippen LogP contribution in [0.4, 0.5) is 0 Å². The van der Waals surface area contributed by atoms with Crippen LogP contribution in [0.2, 0.25) is 0 Å². The van der Waals surface area contributed by atoms with E-state index in [-0.39, 0.29) is 13.2 Å². The molecule has 0 unspecified atom stereocenters. The summed E-state index contributed by atoms with van der Waals surface area (Å²) in [6.45, 7) is 5.26. The summed E-state index contributed by atoms with van der Waals surface area (Å²) in [5.41, 5.74) is 0. The van der Waals surface area contributed by atoms with E-state index >= 15 is 0 Å². The summed E-state index contributed by atoms with van der Waals surface area (Å²) in [7, 11) is -3.69. The summed E-state index contributed by atoms with van der Waals surface area (Å²) in [4.78, 5) is 4.72. The van der Waals surface area contributed by atoms with Gasteiger partial charge in [0.25, 0.3) is 0 Å². The molecule has 10 heteroatoms. The number of hydrogen-bond donors (Lipinski definition) is 0. The van der Waals surface area contributed by atoms with Crippen molar-refractivity contribution in [1.82, 2.24) is 0 Å². The topological polar surface area (TPSA) is 90.9 Å². The molecule has 1 fully saturated rings. The minimum atomic E-state index is -3.69. The first-order valence-electron chi connectivity index (χ1n) is 10.5. The molecule has 1 heterocycles. The lowest BCUT2D eigenvalue weighted by molar-refractivity contribution is -0.746. The second-order valence-corrected chi connectivity index (χ2v) is 8.91. The van der Waals surface area contributed by atoms with Crippen LogP contribution in [0.5, 0.6) is 0 Å². The smallest absolute Gasteiger partial charge is 0.283 e. The molecule has 1 aliphatic rings. The molecule has 168 valence electrons. The van der Waals surface area contributed by atoms with Crippen molar-refractivity contribution in [3.63, 3.8) is 0 Å². The highest BCUT2D eigenvalue weighted by Gasteiger charge is 2.34. The normalized spacial score (nSPS) is 16.2. The Kier molecular flexibility index (Phi) is 16.4. The average molecular weight is 428 g/mol. The van der Waals surface area contributed by atoms with E-state index in [0.717, 1.165) is 18.8 Å². The zero-order valence-corrected chi connectivity index (χ0v) is 18.2. The molecule has 0 bridgehead atoms. The molecule has 0 spiro atoms. The number of phosphoric ester groups is 1. The van der Waals surface area contributed by atoms with Gasteiger partial charge >= 0.3 is 7.82 Å². The van der Waals surface area contributed by atoms with E-state index in [1.54, 1.807) is 0 Å². The summed E-state index contributed by atoms with van der Waals surface area (Å²) >= 11 is 0. The molecule has 0 aromatic heterocycles. The summed E-state index contributed by atoms with van der Waals surface area (Å²) < 4.78 is 25.0. The van der Waals surface area contributed by atoms with E-state index in [9.17, 15) is 4.57 Å². The third-order valence-corrected chi connectivity index (χ3v) is 5.59. The molecule has 0 amide bonds. The molecule has 0 aliphatic carbocycles. The van der Waals surface area contributed by atoms with Gasteiger partial charge < -0.3 is 0 Å². The van der Waals surface area contributed by atoms with Crippen LogP contribution in [0.15, 0.2) is 0 Å². The lowest BCUT2D eigenvalue weighted by Gasteiger charge is -2.05. The van der Waals surface area contributed by atoms with Crippen molar-refractivity contribution in [2.45, 2.75) is 90.9 Å². The number of phosphoric acid groups is 1. The van der Waals surface area contributed by atoms with Gasteiger partial charge in [-0.3, -0.25) is 9.05 Å². The van der Waals surface area contributed by atoms with Crippen molar-refractivity contribution in [3.8, 4) is 0 Å². The van der Waals surface area contributed by atoms with Gasteiger partial charge in [0, 0.05) is 0 Å². The predicted octanol–water partition coefficient (Wildman–Crippen LogP) is 6.15. The van der Waals surface area contributed by atoms with Crippen molar-refractivity contribution in [2.75, 3.05) is 19.8 Å². The molecule has 9 nitrogen and oxygen atoms in total. The Bertz CT molecular complexity index is 385. The van der Waals surface area contributed by atoms with Gasteiger partial charge in [-0.15, -0.1) is 0 Å². The lowest BCUT2D eigenvalue weighted by Crippen LogP contribution is -2.01. The first kappa shape index (κ1) is 25.9. The Morgan fingerprint density at radius 2 is 1.21 bits per heavy atom. The Labute approximate surface area is 168 Å². The zero-order chi connectivity index (χ0) is 20.3. The van der Waals surface area contributed by atoms with Crippen LogP contribution >= 0.6 is 7.82 Å². The Morgan fingerprint density at radius 1 is 0.714 bits per heavy atom. The van der Waals surface area contributed by atoms with Gasteiger partial charge in [0.15, 0.2) is 0 Å². The summed E-state index contributed by atoms with van der Waals surface area (Å²) in [5, 5.41) is 16.3. The van der Waals surface area contributed by atoms with Crippen molar-refractivity contribution >= 4 is 7.82 Å². The Hall–Kier alpha value is -0.0900. The molecule has 1 aliphatic heterocycles. The molecule has 0 aromatic carbocycles. The van der Waals surface area contributed by atoms with Crippen LogP contribution < -0.4 is 0 Å². The zero-order valence-electron chi connectivity index (χ0n) is 17.3. The van der Waals surface area contributed by atoms with E-state index in [2.05, 4.69) is 47.7 Å². The maximum atomic E-state index is 11.4. The third kappa shape index (κ3) is 15.8. The fourth-order valence-electron chi connectivity index (χ4n) is 2.81. The maximum absolute atomic E-state index is 11.4. The highest BCUT2D eigenvalue weighted by molar-refractivity contribution is 7.48. The standard InChI is InChI=1S/C18H37O9P/c1-18(2)14-12-10-8-6-4-3-5-7-9-11-13-15-20-23-24-25-26-27-28(19)21-16-17-22-28/h18H,3-17H2,1-2H3. The summed E-state index contributed by atoms with van der Waals surface area (Å²) in [6.07, 6.45) is 15.2. The molecule has 28 heavy (non-hydrogen) atoms. The molecule has 1 saturated heterocycles. The molecule has 0 saturated carbocycles. The highest BCUT2D eigenvalue weighted by atomic mass is 31.2. The van der Waals surface area contributed by atoms with E-state index in [4.69, 9.17) is 4.89 Å². The minimum absolute atomic E-state index is 0.152. The molecule has 0 N–H and O–H groups in total. The Morgan fingerprint density at radius 3 is 1.79 bits per heavy atom.